The highest BCUT2D eigenvalue weighted by atomic mass is 32.2. The van der Waals surface area contributed by atoms with Crippen LogP contribution < -0.4 is 20.1 Å². The largest absolute Gasteiger partial charge is 0.573 e. The van der Waals surface area contributed by atoms with Gasteiger partial charge in [-0.05, 0) is 48.2 Å². The number of aryl methyl sites for hydroxylation is 1. The van der Waals surface area contributed by atoms with E-state index in [9.17, 15) is 13.2 Å². The van der Waals surface area contributed by atoms with E-state index in [4.69, 9.17) is 10.5 Å². The molecule has 2 aromatic carbocycles. The number of fused-ring (bicyclic) bond motifs is 1. The van der Waals surface area contributed by atoms with Gasteiger partial charge in [0, 0.05) is 16.7 Å². The fourth-order valence-corrected chi connectivity index (χ4v) is 4.94. The van der Waals surface area contributed by atoms with Crippen molar-refractivity contribution in [3.8, 4) is 17.4 Å². The quantitative estimate of drug-likeness (QED) is 0.445. The topological polar surface area (TPSA) is 60.6 Å². The lowest BCUT2D eigenvalue weighted by Gasteiger charge is -2.27. The number of nitrogens with two attached hydrogens (primary N) is 1. The molecule has 0 fully saturated rings. The second kappa shape index (κ2) is 8.46. The summed E-state index contributed by atoms with van der Waals surface area (Å²) in [5, 5.41) is 0. The Kier molecular flexibility index (Phi) is 5.96. The summed E-state index contributed by atoms with van der Waals surface area (Å²) in [6.07, 6.45) is -3.14. The zero-order valence-electron chi connectivity index (χ0n) is 18.6. The van der Waals surface area contributed by atoms with Crippen LogP contribution in [0.1, 0.15) is 31.9 Å². The molecule has 1 unspecified atom stereocenters. The third kappa shape index (κ3) is 4.89. The average molecular weight is 476 g/mol. The number of ether oxygens (including phenoxy) is 2. The van der Waals surface area contributed by atoms with Crippen molar-refractivity contribution >= 4 is 23.1 Å². The molecule has 1 aliphatic rings. The van der Waals surface area contributed by atoms with Crippen LogP contribution in [-0.2, 0) is 5.41 Å². The van der Waals surface area contributed by atoms with Gasteiger partial charge in [0.05, 0.1) is 5.69 Å². The third-order valence-corrected chi connectivity index (χ3v) is 6.15. The van der Waals surface area contributed by atoms with E-state index in [-0.39, 0.29) is 11.2 Å². The van der Waals surface area contributed by atoms with Gasteiger partial charge in [0.2, 0.25) is 5.88 Å². The highest BCUT2D eigenvalue weighted by Gasteiger charge is 2.36. The van der Waals surface area contributed by atoms with Gasteiger partial charge in [-0.15, -0.1) is 13.2 Å². The maximum atomic E-state index is 12.7. The Bertz CT molecular complexity index is 1180. The van der Waals surface area contributed by atoms with E-state index in [2.05, 4.69) is 30.5 Å². The van der Waals surface area contributed by atoms with Crippen molar-refractivity contribution < 1.29 is 22.6 Å². The van der Waals surface area contributed by atoms with Crippen LogP contribution in [0.2, 0.25) is 0 Å². The molecule has 33 heavy (non-hydrogen) atoms. The number of pyridine rings is 1. The fourth-order valence-electron chi connectivity index (χ4n) is 3.80. The molecule has 0 spiro atoms. The molecule has 0 radical (unpaired) electrons. The minimum atomic E-state index is -4.77. The van der Waals surface area contributed by atoms with Gasteiger partial charge in [-0.2, -0.15) is 0 Å². The van der Waals surface area contributed by atoms with E-state index in [1.807, 2.05) is 35.2 Å². The van der Waals surface area contributed by atoms with Crippen LogP contribution in [0.3, 0.4) is 0 Å². The molecule has 0 aliphatic carbocycles. The van der Waals surface area contributed by atoms with Crippen molar-refractivity contribution in [2.24, 2.45) is 5.73 Å². The normalized spacial score (nSPS) is 16.0. The maximum absolute atomic E-state index is 12.7. The van der Waals surface area contributed by atoms with Crippen LogP contribution in [0.25, 0.3) is 0 Å². The molecular weight excluding hydrogens is 451 g/mol. The SMILES string of the molecule is Cc1cc(OC(F)(F)F)cc2c1N(c1cccnc1Oc1ccccc1C(C)(C)C)C(N)S2. The predicted molar refractivity (Wildman–Crippen MR) is 123 cm³/mol. The van der Waals surface area contributed by atoms with E-state index in [1.54, 1.807) is 19.2 Å². The number of hydrogen-bond acceptors (Lipinski definition) is 6. The van der Waals surface area contributed by atoms with Crippen molar-refractivity contribution in [2.75, 3.05) is 4.90 Å². The lowest BCUT2D eigenvalue weighted by molar-refractivity contribution is -0.274. The Morgan fingerprint density at radius 1 is 1.06 bits per heavy atom. The second-order valence-electron chi connectivity index (χ2n) is 8.69. The molecule has 1 atom stereocenters. The molecule has 1 aromatic heterocycles. The van der Waals surface area contributed by atoms with Crippen LogP contribution >= 0.6 is 11.8 Å². The number of benzene rings is 2. The number of rotatable bonds is 4. The van der Waals surface area contributed by atoms with Gasteiger partial charge in [0.1, 0.15) is 22.7 Å². The molecule has 1 aliphatic heterocycles. The predicted octanol–water partition coefficient (Wildman–Crippen LogP) is 6.86. The molecule has 3 aromatic rings. The molecule has 0 saturated heterocycles. The number of anilines is 2. The Morgan fingerprint density at radius 2 is 1.79 bits per heavy atom. The summed E-state index contributed by atoms with van der Waals surface area (Å²) >= 11 is 1.24. The summed E-state index contributed by atoms with van der Waals surface area (Å²) in [5.41, 5.74) is 8.61. The zero-order valence-corrected chi connectivity index (χ0v) is 19.4. The van der Waals surface area contributed by atoms with Crippen LogP contribution in [-0.4, -0.2) is 16.8 Å². The van der Waals surface area contributed by atoms with E-state index in [0.717, 1.165) is 5.56 Å². The molecule has 0 amide bonds. The van der Waals surface area contributed by atoms with Crippen molar-refractivity contribution in [1.82, 2.24) is 4.98 Å². The molecule has 9 heteroatoms. The van der Waals surface area contributed by atoms with Crippen LogP contribution in [0, 0.1) is 6.92 Å². The minimum Gasteiger partial charge on any atom is -0.437 e. The van der Waals surface area contributed by atoms with E-state index >= 15 is 0 Å². The molecule has 0 saturated carbocycles. The van der Waals surface area contributed by atoms with Gasteiger partial charge in [0.15, 0.2) is 0 Å². The van der Waals surface area contributed by atoms with Crippen LogP contribution in [0.15, 0.2) is 59.6 Å². The van der Waals surface area contributed by atoms with E-state index in [1.165, 1.54) is 23.9 Å². The molecule has 2 N–H and O–H groups in total. The molecular formula is C24H24F3N3O2S. The number of halogens is 3. The standard InChI is InChI=1S/C24H24F3N3O2S/c1-14-12-15(32-24(25,26)27)13-19-20(14)30(22(28)33-19)17-9-7-11-29-21(17)31-18-10-6-5-8-16(18)23(2,3)4/h5-13,22H,28H2,1-4H3. The van der Waals surface area contributed by atoms with Gasteiger partial charge in [0.25, 0.3) is 0 Å². The third-order valence-electron chi connectivity index (χ3n) is 5.13. The van der Waals surface area contributed by atoms with Crippen molar-refractivity contribution in [2.45, 2.75) is 49.9 Å². The van der Waals surface area contributed by atoms with Crippen molar-refractivity contribution in [3.63, 3.8) is 0 Å². The summed E-state index contributed by atoms with van der Waals surface area (Å²) in [4.78, 5) is 6.86. The van der Waals surface area contributed by atoms with Gasteiger partial charge in [-0.25, -0.2) is 4.98 Å². The van der Waals surface area contributed by atoms with Crippen LogP contribution in [0.5, 0.6) is 17.4 Å². The summed E-state index contributed by atoms with van der Waals surface area (Å²) in [7, 11) is 0. The van der Waals surface area contributed by atoms with Gasteiger partial charge >= 0.3 is 6.36 Å². The Balaban J connectivity index is 1.75. The van der Waals surface area contributed by atoms with Crippen molar-refractivity contribution in [3.05, 3.63) is 65.9 Å². The molecule has 0 bridgehead atoms. The zero-order chi connectivity index (χ0) is 24.0. The second-order valence-corrected chi connectivity index (χ2v) is 9.85. The van der Waals surface area contributed by atoms with Crippen molar-refractivity contribution in [1.29, 1.82) is 0 Å². The average Bonchev–Trinajstić information content (AvgIpc) is 3.03. The Morgan fingerprint density at radius 3 is 2.48 bits per heavy atom. The molecule has 2 heterocycles. The summed E-state index contributed by atoms with van der Waals surface area (Å²) in [6, 6.07) is 14.1. The Labute approximate surface area is 194 Å². The molecule has 174 valence electrons. The fraction of sp³-hybridized carbons (Fsp3) is 0.292. The lowest BCUT2D eigenvalue weighted by Crippen LogP contribution is -2.32. The molecule has 5 nitrogen and oxygen atoms in total. The first-order valence-corrected chi connectivity index (χ1v) is 11.2. The van der Waals surface area contributed by atoms with Gasteiger partial charge in [-0.3, -0.25) is 0 Å². The first kappa shape index (κ1) is 23.3. The number of nitrogens with zero attached hydrogens (tertiary/aromatic N) is 2. The first-order chi connectivity index (χ1) is 15.4. The smallest absolute Gasteiger partial charge is 0.437 e. The van der Waals surface area contributed by atoms with E-state index < -0.39 is 11.9 Å². The van der Waals surface area contributed by atoms with E-state index in [0.29, 0.717) is 33.5 Å². The van der Waals surface area contributed by atoms with Gasteiger partial charge in [-0.1, -0.05) is 50.7 Å². The highest BCUT2D eigenvalue weighted by molar-refractivity contribution is 8.00. The lowest BCUT2D eigenvalue weighted by atomic mass is 9.86. The molecule has 4 rings (SSSR count). The summed E-state index contributed by atoms with van der Waals surface area (Å²) < 4.78 is 48.6. The van der Waals surface area contributed by atoms with Crippen LogP contribution in [0.4, 0.5) is 24.5 Å². The van der Waals surface area contributed by atoms with Gasteiger partial charge < -0.3 is 20.1 Å². The summed E-state index contributed by atoms with van der Waals surface area (Å²) in [5.74, 6) is 0.756. The maximum Gasteiger partial charge on any atom is 0.573 e. The first-order valence-electron chi connectivity index (χ1n) is 10.3. The number of aromatic nitrogens is 1. The number of thioether (sulfide) groups is 1. The minimum absolute atomic E-state index is 0.149. The summed E-state index contributed by atoms with van der Waals surface area (Å²) in [6.45, 7) is 8.02. The monoisotopic (exact) mass is 475 g/mol. The highest BCUT2D eigenvalue weighted by Crippen LogP contribution is 2.51. The number of alkyl halides is 3. The number of para-hydroxylation sites is 1. The Hall–Kier alpha value is -2.91. The number of hydrogen-bond donors (Lipinski definition) is 1.